The van der Waals surface area contributed by atoms with E-state index in [9.17, 15) is 9.59 Å². The summed E-state index contributed by atoms with van der Waals surface area (Å²) in [6, 6.07) is 11.3. The van der Waals surface area contributed by atoms with Gasteiger partial charge in [-0.25, -0.2) is 0 Å². The Balaban J connectivity index is 1.37. The maximum absolute atomic E-state index is 12.8. The average molecular weight is 381 g/mol. The van der Waals surface area contributed by atoms with Gasteiger partial charge in [0.25, 0.3) is 11.8 Å². The molecule has 0 aliphatic carbocycles. The molecule has 4 rings (SSSR count). The first-order valence-electron chi connectivity index (χ1n) is 9.50. The number of aromatic nitrogens is 1. The minimum Gasteiger partial charge on any atom is -0.348 e. The Kier molecular flexibility index (Phi) is 5.36. The number of ether oxygens (including phenoxy) is 2. The summed E-state index contributed by atoms with van der Waals surface area (Å²) >= 11 is 0. The van der Waals surface area contributed by atoms with Gasteiger partial charge < -0.3 is 19.7 Å². The third-order valence-corrected chi connectivity index (χ3v) is 5.17. The van der Waals surface area contributed by atoms with E-state index in [4.69, 9.17) is 9.47 Å². The fourth-order valence-corrected chi connectivity index (χ4v) is 3.58. The van der Waals surface area contributed by atoms with Crippen molar-refractivity contribution in [2.75, 3.05) is 26.3 Å². The van der Waals surface area contributed by atoms with Gasteiger partial charge in [0.2, 0.25) is 0 Å². The predicted octanol–water partition coefficient (Wildman–Crippen LogP) is 1.99. The number of hydrogen-bond acceptors (Lipinski definition) is 5. The number of piperidine rings is 1. The first kappa shape index (κ1) is 18.6. The highest BCUT2D eigenvalue weighted by atomic mass is 16.7. The van der Waals surface area contributed by atoms with E-state index in [1.807, 2.05) is 30.3 Å². The largest absolute Gasteiger partial charge is 0.348 e. The number of hydrogen-bond donors (Lipinski definition) is 1. The van der Waals surface area contributed by atoms with Crippen LogP contribution in [0.3, 0.4) is 0 Å². The normalized spacial score (nSPS) is 18.2. The molecular weight excluding hydrogens is 358 g/mol. The zero-order valence-corrected chi connectivity index (χ0v) is 15.6. The maximum Gasteiger partial charge on any atom is 0.255 e. The zero-order valence-electron chi connectivity index (χ0n) is 15.6. The highest BCUT2D eigenvalue weighted by Gasteiger charge is 2.40. The Bertz CT molecular complexity index is 840. The number of carbonyl (C=O) groups excluding carboxylic acids is 2. The van der Waals surface area contributed by atoms with E-state index < -0.39 is 5.79 Å². The van der Waals surface area contributed by atoms with Crippen molar-refractivity contribution in [1.82, 2.24) is 15.2 Å². The van der Waals surface area contributed by atoms with Gasteiger partial charge in [0.05, 0.1) is 24.3 Å². The minimum atomic E-state index is -0.520. The number of amides is 2. The van der Waals surface area contributed by atoms with Crippen molar-refractivity contribution < 1.29 is 19.1 Å². The molecule has 0 saturated carbocycles. The molecule has 7 nitrogen and oxygen atoms in total. The molecule has 1 aromatic carbocycles. The Hall–Kier alpha value is -2.77. The lowest BCUT2D eigenvalue weighted by Crippen LogP contribution is -2.47. The van der Waals surface area contributed by atoms with Crippen LogP contribution >= 0.6 is 0 Å². The summed E-state index contributed by atoms with van der Waals surface area (Å²) < 4.78 is 11.4. The second-order valence-electron chi connectivity index (χ2n) is 7.03. The van der Waals surface area contributed by atoms with Crippen molar-refractivity contribution in [3.8, 4) is 0 Å². The molecule has 0 radical (unpaired) electrons. The van der Waals surface area contributed by atoms with Crippen molar-refractivity contribution in [2.45, 2.75) is 25.2 Å². The number of rotatable bonds is 4. The highest BCUT2D eigenvalue weighted by molar-refractivity contribution is 5.99. The second-order valence-corrected chi connectivity index (χ2v) is 7.03. The number of carbonyl (C=O) groups is 2. The van der Waals surface area contributed by atoms with Crippen LogP contribution in [0.15, 0.2) is 48.8 Å². The summed E-state index contributed by atoms with van der Waals surface area (Å²) in [5.74, 6) is -0.900. The van der Waals surface area contributed by atoms with Crippen LogP contribution < -0.4 is 5.32 Å². The monoisotopic (exact) mass is 381 g/mol. The molecule has 3 heterocycles. The number of likely N-dealkylation sites (tertiary alicyclic amines) is 1. The third kappa shape index (κ3) is 4.05. The smallest absolute Gasteiger partial charge is 0.255 e. The summed E-state index contributed by atoms with van der Waals surface area (Å²) in [6.45, 7) is 2.76. The van der Waals surface area contributed by atoms with Crippen LogP contribution in [0.4, 0.5) is 0 Å². The van der Waals surface area contributed by atoms with Gasteiger partial charge in [0.15, 0.2) is 5.79 Å². The Labute approximate surface area is 163 Å². The fraction of sp³-hybridized carbons (Fsp3) is 0.381. The van der Waals surface area contributed by atoms with E-state index in [0.29, 0.717) is 56.8 Å². The van der Waals surface area contributed by atoms with E-state index in [-0.39, 0.29) is 11.8 Å². The van der Waals surface area contributed by atoms with Crippen LogP contribution in [-0.2, 0) is 16.0 Å². The Morgan fingerprint density at radius 2 is 1.71 bits per heavy atom. The number of benzene rings is 1. The Morgan fingerprint density at radius 3 is 2.43 bits per heavy atom. The summed E-state index contributed by atoms with van der Waals surface area (Å²) in [5, 5.41) is 2.86. The van der Waals surface area contributed by atoms with Crippen LogP contribution in [0.5, 0.6) is 0 Å². The van der Waals surface area contributed by atoms with Gasteiger partial charge >= 0.3 is 0 Å². The molecular formula is C21H23N3O4. The summed E-state index contributed by atoms with van der Waals surface area (Å²) in [5.41, 5.74) is 1.80. The van der Waals surface area contributed by atoms with Crippen LogP contribution in [0, 0.1) is 0 Å². The van der Waals surface area contributed by atoms with Gasteiger partial charge in [-0.15, -0.1) is 0 Å². The summed E-state index contributed by atoms with van der Waals surface area (Å²) in [6.07, 6.45) is 4.29. The minimum absolute atomic E-state index is 0.127. The molecule has 28 heavy (non-hydrogen) atoms. The number of nitrogens with zero attached hydrogens (tertiary/aromatic N) is 2. The molecule has 0 unspecified atom stereocenters. The van der Waals surface area contributed by atoms with Crippen LogP contribution in [0.2, 0.25) is 0 Å². The van der Waals surface area contributed by atoms with Gasteiger partial charge in [-0.05, 0) is 11.6 Å². The summed E-state index contributed by atoms with van der Waals surface area (Å²) in [7, 11) is 0. The molecule has 2 fully saturated rings. The van der Waals surface area contributed by atoms with E-state index >= 15 is 0 Å². The van der Waals surface area contributed by atoms with Crippen molar-refractivity contribution in [1.29, 1.82) is 0 Å². The SMILES string of the molecule is O=C(NCc1ccccc1)c1cncc(C(=O)N2CCC3(CC2)OCCO3)c1. The third-order valence-electron chi connectivity index (χ3n) is 5.17. The van der Waals surface area contributed by atoms with Crippen LogP contribution in [0.1, 0.15) is 39.1 Å². The molecule has 2 aliphatic heterocycles. The van der Waals surface area contributed by atoms with E-state index in [1.54, 1.807) is 11.0 Å². The van der Waals surface area contributed by atoms with E-state index in [0.717, 1.165) is 5.56 Å². The molecule has 2 amide bonds. The fourth-order valence-electron chi connectivity index (χ4n) is 3.58. The maximum atomic E-state index is 12.8. The molecule has 146 valence electrons. The lowest BCUT2D eigenvalue weighted by molar-refractivity contribution is -0.181. The lowest BCUT2D eigenvalue weighted by atomic mass is 10.0. The first-order chi connectivity index (χ1) is 13.7. The quantitative estimate of drug-likeness (QED) is 0.876. The lowest BCUT2D eigenvalue weighted by Gasteiger charge is -2.37. The first-order valence-corrected chi connectivity index (χ1v) is 9.50. The van der Waals surface area contributed by atoms with Crippen molar-refractivity contribution >= 4 is 11.8 Å². The molecule has 2 aromatic rings. The van der Waals surface area contributed by atoms with Crippen molar-refractivity contribution in [3.05, 3.63) is 65.5 Å². The molecule has 7 heteroatoms. The van der Waals surface area contributed by atoms with Gasteiger partial charge in [-0.1, -0.05) is 30.3 Å². The molecule has 2 aliphatic rings. The average Bonchev–Trinajstić information content (AvgIpc) is 3.21. The van der Waals surface area contributed by atoms with Gasteiger partial charge in [0, 0.05) is 44.9 Å². The Morgan fingerprint density at radius 1 is 1.04 bits per heavy atom. The summed E-state index contributed by atoms with van der Waals surface area (Å²) in [4.78, 5) is 31.1. The van der Waals surface area contributed by atoms with Gasteiger partial charge in [-0.3, -0.25) is 14.6 Å². The molecule has 1 N–H and O–H groups in total. The zero-order chi connectivity index (χ0) is 19.4. The highest BCUT2D eigenvalue weighted by Crippen LogP contribution is 2.31. The standard InChI is InChI=1S/C21H23N3O4/c25-19(23-13-16-4-2-1-3-5-16)17-12-18(15-22-14-17)20(26)24-8-6-21(7-9-24)27-10-11-28-21/h1-5,12,14-15H,6-11,13H2,(H,23,25). The topological polar surface area (TPSA) is 80.8 Å². The molecule has 0 bridgehead atoms. The van der Waals surface area contributed by atoms with E-state index in [1.165, 1.54) is 12.4 Å². The van der Waals surface area contributed by atoms with Crippen molar-refractivity contribution in [3.63, 3.8) is 0 Å². The predicted molar refractivity (Wildman–Crippen MR) is 102 cm³/mol. The van der Waals surface area contributed by atoms with Crippen LogP contribution in [0.25, 0.3) is 0 Å². The van der Waals surface area contributed by atoms with Crippen molar-refractivity contribution in [2.24, 2.45) is 0 Å². The molecule has 0 atom stereocenters. The van der Waals surface area contributed by atoms with Gasteiger partial charge in [0.1, 0.15) is 0 Å². The van der Waals surface area contributed by atoms with E-state index in [2.05, 4.69) is 10.3 Å². The van der Waals surface area contributed by atoms with Crippen LogP contribution in [-0.4, -0.2) is 53.8 Å². The van der Waals surface area contributed by atoms with Gasteiger partial charge in [-0.2, -0.15) is 0 Å². The second kappa shape index (κ2) is 8.08. The molecule has 2 saturated heterocycles. The number of pyridine rings is 1. The molecule has 1 spiro atoms. The molecule has 1 aromatic heterocycles. The number of nitrogens with one attached hydrogen (secondary N) is 1.